The molecule has 0 rings (SSSR count). The summed E-state index contributed by atoms with van der Waals surface area (Å²) >= 11 is 0. The van der Waals surface area contributed by atoms with Crippen molar-refractivity contribution in [1.82, 2.24) is 4.90 Å². The Bertz CT molecular complexity index is 322. The van der Waals surface area contributed by atoms with E-state index < -0.39 is 15.6 Å². The van der Waals surface area contributed by atoms with Crippen molar-refractivity contribution in [3.05, 3.63) is 0 Å². The van der Waals surface area contributed by atoms with Crippen LogP contribution in [0, 0.1) is 12.3 Å². The molecule has 1 amide bonds. The quantitative estimate of drug-likeness (QED) is 0.604. The fraction of sp³-hybridized carbons (Fsp3) is 0.667. The zero-order valence-corrected chi connectivity index (χ0v) is 9.30. The summed E-state index contributed by atoms with van der Waals surface area (Å²) in [6, 6.07) is 0. The molecular weight excluding hydrogens is 202 g/mol. The topological polar surface area (TPSA) is 54.5 Å². The maximum Gasteiger partial charge on any atom is 0.237 e. The van der Waals surface area contributed by atoms with Crippen LogP contribution < -0.4 is 0 Å². The second kappa shape index (κ2) is 5.66. The van der Waals surface area contributed by atoms with Gasteiger partial charge in [-0.15, -0.1) is 6.42 Å². The van der Waals surface area contributed by atoms with Crippen LogP contribution in [0.4, 0.5) is 0 Å². The van der Waals surface area contributed by atoms with Crippen molar-refractivity contribution in [2.24, 2.45) is 0 Å². The molecule has 4 nitrogen and oxygen atoms in total. The lowest BCUT2D eigenvalue weighted by Crippen LogP contribution is -2.35. The van der Waals surface area contributed by atoms with Crippen LogP contribution in [-0.4, -0.2) is 43.8 Å². The summed E-state index contributed by atoms with van der Waals surface area (Å²) in [6.45, 7) is 4.63. The van der Waals surface area contributed by atoms with Gasteiger partial charge in [0.05, 0.1) is 0 Å². The molecule has 0 aliphatic heterocycles. The lowest BCUT2D eigenvalue weighted by atomic mass is 10.5. The van der Waals surface area contributed by atoms with Crippen molar-refractivity contribution < 1.29 is 13.2 Å². The summed E-state index contributed by atoms with van der Waals surface area (Å²) in [5.74, 6) is 0.783. The number of hydrogen-bond donors (Lipinski definition) is 0. The Labute approximate surface area is 85.2 Å². The maximum atomic E-state index is 11.4. The van der Waals surface area contributed by atoms with Crippen LogP contribution in [0.1, 0.15) is 13.8 Å². The van der Waals surface area contributed by atoms with E-state index in [-0.39, 0.29) is 11.7 Å². The summed E-state index contributed by atoms with van der Waals surface area (Å²) in [6.07, 6.45) is 4.88. The third-order valence-corrected chi connectivity index (χ3v) is 3.06. The number of amides is 1. The molecule has 0 saturated carbocycles. The molecule has 80 valence electrons. The van der Waals surface area contributed by atoms with E-state index in [2.05, 4.69) is 0 Å². The normalized spacial score (nSPS) is 10.6. The average molecular weight is 217 g/mol. The van der Waals surface area contributed by atoms with Crippen LogP contribution in [-0.2, 0) is 14.6 Å². The molecule has 5 heteroatoms. The Morgan fingerprint density at radius 1 is 1.36 bits per heavy atom. The summed E-state index contributed by atoms with van der Waals surface area (Å²) in [7, 11) is -3.42. The summed E-state index contributed by atoms with van der Waals surface area (Å²) in [4.78, 5) is 12.8. The van der Waals surface area contributed by atoms with Gasteiger partial charge < -0.3 is 4.90 Å². The summed E-state index contributed by atoms with van der Waals surface area (Å²) in [5.41, 5.74) is 0. The van der Waals surface area contributed by atoms with Crippen molar-refractivity contribution in [3.63, 3.8) is 0 Å². The van der Waals surface area contributed by atoms with E-state index in [0.717, 1.165) is 0 Å². The highest BCUT2D eigenvalue weighted by molar-refractivity contribution is 7.92. The maximum absolute atomic E-state index is 11.4. The summed E-state index contributed by atoms with van der Waals surface area (Å²) < 4.78 is 22.4. The molecule has 0 heterocycles. The van der Waals surface area contributed by atoms with Gasteiger partial charge >= 0.3 is 0 Å². The molecule has 14 heavy (non-hydrogen) atoms. The molecule has 0 spiro atoms. The number of nitrogens with zero attached hydrogens (tertiary/aromatic N) is 1. The average Bonchev–Trinajstić information content (AvgIpc) is 2.04. The van der Waals surface area contributed by atoms with Crippen molar-refractivity contribution in [3.8, 4) is 12.3 Å². The van der Waals surface area contributed by atoms with E-state index in [0.29, 0.717) is 13.1 Å². The van der Waals surface area contributed by atoms with Gasteiger partial charge in [-0.05, 0) is 13.8 Å². The fourth-order valence-corrected chi connectivity index (χ4v) is 1.95. The smallest absolute Gasteiger partial charge is 0.237 e. The SMILES string of the molecule is C#CCS(=O)(=O)CC(=O)N(CC)CC. The van der Waals surface area contributed by atoms with Crippen molar-refractivity contribution in [2.45, 2.75) is 13.8 Å². The Morgan fingerprint density at radius 2 is 1.86 bits per heavy atom. The van der Waals surface area contributed by atoms with Gasteiger partial charge in [0.15, 0.2) is 9.84 Å². The summed E-state index contributed by atoms with van der Waals surface area (Å²) in [5, 5.41) is 0. The van der Waals surface area contributed by atoms with Crippen LogP contribution in [0.25, 0.3) is 0 Å². The van der Waals surface area contributed by atoms with Crippen molar-refractivity contribution >= 4 is 15.7 Å². The van der Waals surface area contributed by atoms with Gasteiger partial charge in [0.1, 0.15) is 11.5 Å². The van der Waals surface area contributed by atoms with E-state index in [9.17, 15) is 13.2 Å². The molecule has 0 atom stereocenters. The van der Waals surface area contributed by atoms with Crippen LogP contribution in [0.3, 0.4) is 0 Å². The molecular formula is C9H15NO3S. The molecule has 0 aromatic rings. The minimum Gasteiger partial charge on any atom is -0.342 e. The van der Waals surface area contributed by atoms with Crippen molar-refractivity contribution in [1.29, 1.82) is 0 Å². The first-order valence-corrected chi connectivity index (χ1v) is 6.20. The third kappa shape index (κ3) is 4.28. The number of sulfone groups is 1. The lowest BCUT2D eigenvalue weighted by Gasteiger charge is -2.17. The van der Waals surface area contributed by atoms with Gasteiger partial charge in [-0.1, -0.05) is 5.92 Å². The van der Waals surface area contributed by atoms with E-state index in [4.69, 9.17) is 6.42 Å². The first-order valence-electron chi connectivity index (χ1n) is 4.38. The molecule has 0 bridgehead atoms. The van der Waals surface area contributed by atoms with E-state index in [1.807, 2.05) is 5.92 Å². The fourth-order valence-electron chi connectivity index (χ4n) is 1.03. The minimum atomic E-state index is -3.42. The predicted molar refractivity (Wildman–Crippen MR) is 55.4 cm³/mol. The van der Waals surface area contributed by atoms with Gasteiger partial charge in [0.25, 0.3) is 0 Å². The van der Waals surface area contributed by atoms with E-state index >= 15 is 0 Å². The molecule has 0 saturated heterocycles. The largest absolute Gasteiger partial charge is 0.342 e. The molecule has 0 N–H and O–H groups in total. The van der Waals surface area contributed by atoms with Gasteiger partial charge in [-0.2, -0.15) is 0 Å². The molecule has 0 unspecified atom stereocenters. The van der Waals surface area contributed by atoms with Crippen LogP contribution in [0.2, 0.25) is 0 Å². The Kier molecular flexibility index (Phi) is 5.24. The monoisotopic (exact) mass is 217 g/mol. The molecule has 0 aromatic carbocycles. The minimum absolute atomic E-state index is 0.375. The van der Waals surface area contributed by atoms with Gasteiger partial charge in [0.2, 0.25) is 5.91 Å². The standard InChI is InChI=1S/C9H15NO3S/c1-4-7-14(12,13)8-9(11)10(5-2)6-3/h1H,5-8H2,2-3H3. The van der Waals surface area contributed by atoms with Gasteiger partial charge in [-0.3, -0.25) is 4.79 Å². The van der Waals surface area contributed by atoms with E-state index in [1.165, 1.54) is 4.90 Å². The number of rotatable bonds is 5. The number of terminal acetylenes is 1. The van der Waals surface area contributed by atoms with Crippen LogP contribution in [0.15, 0.2) is 0 Å². The van der Waals surface area contributed by atoms with Gasteiger partial charge in [-0.25, -0.2) is 8.42 Å². The first kappa shape index (κ1) is 13.0. The second-order valence-corrected chi connectivity index (χ2v) is 4.87. The second-order valence-electron chi connectivity index (χ2n) is 2.80. The Balaban J connectivity index is 4.40. The predicted octanol–water partition coefficient (Wildman–Crippen LogP) is -0.0972. The highest BCUT2D eigenvalue weighted by Crippen LogP contribution is 1.95. The first-order chi connectivity index (χ1) is 6.46. The van der Waals surface area contributed by atoms with E-state index in [1.54, 1.807) is 13.8 Å². The van der Waals surface area contributed by atoms with Crippen molar-refractivity contribution in [2.75, 3.05) is 24.6 Å². The molecule has 0 fully saturated rings. The highest BCUT2D eigenvalue weighted by atomic mass is 32.2. The molecule has 0 radical (unpaired) electrons. The highest BCUT2D eigenvalue weighted by Gasteiger charge is 2.18. The van der Waals surface area contributed by atoms with Crippen LogP contribution >= 0.6 is 0 Å². The van der Waals surface area contributed by atoms with Crippen LogP contribution in [0.5, 0.6) is 0 Å². The molecule has 0 aliphatic rings. The molecule has 0 aliphatic carbocycles. The Hall–Kier alpha value is -1.02. The zero-order chi connectivity index (χ0) is 11.2. The third-order valence-electron chi connectivity index (χ3n) is 1.76. The number of carbonyl (C=O) groups excluding carboxylic acids is 1. The Morgan fingerprint density at radius 3 is 2.21 bits per heavy atom. The number of carbonyl (C=O) groups is 1. The number of hydrogen-bond acceptors (Lipinski definition) is 3. The molecule has 0 aromatic heterocycles. The zero-order valence-electron chi connectivity index (χ0n) is 8.49. The van der Waals surface area contributed by atoms with Gasteiger partial charge in [0, 0.05) is 13.1 Å². The lowest BCUT2D eigenvalue weighted by molar-refractivity contribution is -0.128.